The van der Waals surface area contributed by atoms with Gasteiger partial charge in [-0.1, -0.05) is 60.7 Å². The maximum Gasteiger partial charge on any atom is 0.410 e. The van der Waals surface area contributed by atoms with E-state index in [-0.39, 0.29) is 18.8 Å². The van der Waals surface area contributed by atoms with Gasteiger partial charge in [0.15, 0.2) is 6.29 Å². The normalized spacial score (nSPS) is 23.0. The minimum Gasteiger partial charge on any atom is -0.445 e. The van der Waals surface area contributed by atoms with Crippen molar-refractivity contribution in [2.75, 3.05) is 0 Å². The second-order valence-corrected chi connectivity index (χ2v) is 7.20. The molecule has 2 aromatic carbocycles. The molecule has 6 heteroatoms. The lowest BCUT2D eigenvalue weighted by Crippen LogP contribution is -2.52. The topological polar surface area (TPSA) is 85.0 Å². The quantitative estimate of drug-likeness (QED) is 0.800. The summed E-state index contributed by atoms with van der Waals surface area (Å²) >= 11 is 0. The molecule has 0 aromatic heterocycles. The number of hydrogen-bond acceptors (Lipinski definition) is 5. The molecule has 1 saturated heterocycles. The highest BCUT2D eigenvalue weighted by Crippen LogP contribution is 2.24. The van der Waals surface area contributed by atoms with E-state index in [2.05, 4.69) is 0 Å². The second kappa shape index (κ2) is 9.68. The number of carbonyl (C=O) groups excluding carboxylic acids is 1. The smallest absolute Gasteiger partial charge is 0.410 e. The van der Waals surface area contributed by atoms with Crippen LogP contribution in [0.4, 0.5) is 4.79 Å². The molecule has 0 bridgehead atoms. The molecular weight excluding hydrogens is 356 g/mol. The van der Waals surface area contributed by atoms with E-state index in [9.17, 15) is 9.90 Å². The van der Waals surface area contributed by atoms with Crippen LogP contribution in [0, 0.1) is 0 Å². The lowest BCUT2D eigenvalue weighted by molar-refractivity contribution is -0.186. The summed E-state index contributed by atoms with van der Waals surface area (Å²) in [7, 11) is 0. The number of nitrogens with two attached hydrogens (primary N) is 1. The Bertz CT molecular complexity index is 741. The van der Waals surface area contributed by atoms with Crippen LogP contribution in [0.3, 0.4) is 0 Å². The maximum absolute atomic E-state index is 12.9. The first-order chi connectivity index (χ1) is 13.5. The van der Waals surface area contributed by atoms with Crippen molar-refractivity contribution < 1.29 is 19.4 Å². The van der Waals surface area contributed by atoms with Gasteiger partial charge in [-0.05, 0) is 30.9 Å². The van der Waals surface area contributed by atoms with Crippen molar-refractivity contribution in [1.82, 2.24) is 4.90 Å². The molecule has 3 rings (SSSR count). The molecule has 28 heavy (non-hydrogen) atoms. The molecule has 2 aromatic rings. The van der Waals surface area contributed by atoms with Gasteiger partial charge in [0, 0.05) is 6.54 Å². The second-order valence-electron chi connectivity index (χ2n) is 7.20. The number of rotatable bonds is 6. The average Bonchev–Trinajstić information content (AvgIpc) is 2.73. The van der Waals surface area contributed by atoms with Crippen molar-refractivity contribution in [2.24, 2.45) is 5.73 Å². The van der Waals surface area contributed by atoms with Crippen molar-refractivity contribution in [3.63, 3.8) is 0 Å². The first-order valence-electron chi connectivity index (χ1n) is 9.65. The predicted octanol–water partition coefficient (Wildman–Crippen LogP) is 3.04. The van der Waals surface area contributed by atoms with E-state index < -0.39 is 18.4 Å². The third-order valence-corrected chi connectivity index (χ3v) is 5.13. The molecule has 150 valence electrons. The first kappa shape index (κ1) is 20.3. The summed E-state index contributed by atoms with van der Waals surface area (Å²) in [5, 5.41) is 9.98. The van der Waals surface area contributed by atoms with Crippen molar-refractivity contribution in [2.45, 2.75) is 57.4 Å². The van der Waals surface area contributed by atoms with Crippen molar-refractivity contribution in [3.8, 4) is 0 Å². The number of carbonyl (C=O) groups is 1. The SMILES string of the molecule is C[C@H]([C@@H]1CCC(N)C(O)O1)N(Cc1ccccc1)C(=O)OCc1ccccc1. The zero-order valence-electron chi connectivity index (χ0n) is 16.1. The van der Waals surface area contributed by atoms with E-state index in [0.717, 1.165) is 11.1 Å². The Morgan fingerprint density at radius 1 is 1.14 bits per heavy atom. The Morgan fingerprint density at radius 3 is 2.36 bits per heavy atom. The summed E-state index contributed by atoms with van der Waals surface area (Å²) in [4.78, 5) is 14.6. The zero-order chi connectivity index (χ0) is 19.9. The molecule has 0 aliphatic carbocycles. The fourth-order valence-electron chi connectivity index (χ4n) is 3.36. The molecule has 0 spiro atoms. The van der Waals surface area contributed by atoms with Crippen LogP contribution in [-0.2, 0) is 22.6 Å². The number of ether oxygens (including phenoxy) is 2. The molecule has 6 nitrogen and oxygen atoms in total. The van der Waals surface area contributed by atoms with Gasteiger partial charge in [0.25, 0.3) is 0 Å². The monoisotopic (exact) mass is 384 g/mol. The van der Waals surface area contributed by atoms with Gasteiger partial charge in [0.05, 0.1) is 18.2 Å². The van der Waals surface area contributed by atoms with Crippen molar-refractivity contribution >= 4 is 6.09 Å². The molecule has 1 fully saturated rings. The van der Waals surface area contributed by atoms with Crippen molar-refractivity contribution in [1.29, 1.82) is 0 Å². The summed E-state index contributed by atoms with van der Waals surface area (Å²) in [5.41, 5.74) is 7.76. The largest absolute Gasteiger partial charge is 0.445 e. The Hall–Kier alpha value is -2.41. The van der Waals surface area contributed by atoms with Gasteiger partial charge in [-0.2, -0.15) is 0 Å². The van der Waals surface area contributed by atoms with Crippen LogP contribution < -0.4 is 5.73 Å². The van der Waals surface area contributed by atoms with Crippen LogP contribution in [0.1, 0.15) is 30.9 Å². The third-order valence-electron chi connectivity index (χ3n) is 5.13. The molecule has 1 heterocycles. The van der Waals surface area contributed by atoms with Gasteiger partial charge in [-0.3, -0.25) is 4.90 Å². The Kier molecular flexibility index (Phi) is 7.03. The fraction of sp³-hybridized carbons (Fsp3) is 0.409. The molecule has 0 saturated carbocycles. The van der Waals surface area contributed by atoms with E-state index in [1.807, 2.05) is 67.6 Å². The Morgan fingerprint density at radius 2 is 1.75 bits per heavy atom. The van der Waals surface area contributed by atoms with E-state index in [4.69, 9.17) is 15.2 Å². The Labute approximate surface area is 165 Å². The van der Waals surface area contributed by atoms with E-state index >= 15 is 0 Å². The van der Waals surface area contributed by atoms with Gasteiger partial charge < -0.3 is 20.3 Å². The fourth-order valence-corrected chi connectivity index (χ4v) is 3.36. The average molecular weight is 384 g/mol. The molecule has 1 aliphatic heterocycles. The summed E-state index contributed by atoms with van der Waals surface area (Å²) in [6.45, 7) is 2.52. The number of hydrogen-bond donors (Lipinski definition) is 2. The minimum absolute atomic E-state index is 0.205. The van der Waals surface area contributed by atoms with Gasteiger partial charge in [-0.25, -0.2) is 4.79 Å². The van der Waals surface area contributed by atoms with Crippen LogP contribution in [0.25, 0.3) is 0 Å². The van der Waals surface area contributed by atoms with Gasteiger partial charge in [0.1, 0.15) is 6.61 Å². The first-order valence-corrected chi connectivity index (χ1v) is 9.65. The lowest BCUT2D eigenvalue weighted by atomic mass is 9.98. The number of aliphatic hydroxyl groups excluding tert-OH is 1. The molecule has 2 unspecified atom stereocenters. The van der Waals surface area contributed by atoms with Gasteiger partial charge in [-0.15, -0.1) is 0 Å². The number of benzene rings is 2. The summed E-state index contributed by atoms with van der Waals surface area (Å²) in [5.74, 6) is 0. The highest BCUT2D eigenvalue weighted by Gasteiger charge is 2.35. The number of nitrogens with zero attached hydrogens (tertiary/aromatic N) is 1. The molecular formula is C22H28N2O4. The highest BCUT2D eigenvalue weighted by molar-refractivity contribution is 5.68. The molecule has 0 radical (unpaired) electrons. The lowest BCUT2D eigenvalue weighted by Gasteiger charge is -2.39. The van der Waals surface area contributed by atoms with Gasteiger partial charge in [0.2, 0.25) is 0 Å². The molecule has 4 atom stereocenters. The molecule has 1 amide bonds. The number of aliphatic hydroxyl groups is 1. The predicted molar refractivity (Wildman–Crippen MR) is 106 cm³/mol. The molecule has 1 aliphatic rings. The summed E-state index contributed by atoms with van der Waals surface area (Å²) in [6.07, 6.45) is -0.401. The van der Waals surface area contributed by atoms with Crippen LogP contribution in [0.15, 0.2) is 60.7 Å². The highest BCUT2D eigenvalue weighted by atomic mass is 16.6. The van der Waals surface area contributed by atoms with Crippen LogP contribution in [-0.4, -0.2) is 40.6 Å². The minimum atomic E-state index is -1.01. The third kappa shape index (κ3) is 5.32. The van der Waals surface area contributed by atoms with Crippen LogP contribution in [0.2, 0.25) is 0 Å². The number of amides is 1. The van der Waals surface area contributed by atoms with E-state index in [0.29, 0.717) is 19.4 Å². The van der Waals surface area contributed by atoms with Gasteiger partial charge >= 0.3 is 6.09 Å². The Balaban J connectivity index is 1.71. The van der Waals surface area contributed by atoms with Crippen LogP contribution >= 0.6 is 0 Å². The van der Waals surface area contributed by atoms with Crippen LogP contribution in [0.5, 0.6) is 0 Å². The zero-order valence-corrected chi connectivity index (χ0v) is 16.1. The van der Waals surface area contributed by atoms with Crippen molar-refractivity contribution in [3.05, 3.63) is 71.8 Å². The summed E-state index contributed by atoms with van der Waals surface area (Å²) < 4.78 is 11.2. The van der Waals surface area contributed by atoms with E-state index in [1.165, 1.54) is 0 Å². The van der Waals surface area contributed by atoms with E-state index in [1.54, 1.807) is 4.90 Å². The summed E-state index contributed by atoms with van der Waals surface area (Å²) in [6, 6.07) is 18.7. The maximum atomic E-state index is 12.9. The molecule has 3 N–H and O–H groups in total. The standard InChI is InChI=1S/C22H28N2O4/c1-16(20-13-12-19(23)21(25)28-20)24(14-17-8-4-2-5-9-17)22(26)27-15-18-10-6-3-7-11-18/h2-11,16,19-21,25H,12-15,23H2,1H3/t16-,19?,20+,21?/m1/s1.